The van der Waals surface area contributed by atoms with Gasteiger partial charge in [0.1, 0.15) is 5.82 Å². The fourth-order valence-electron chi connectivity index (χ4n) is 1.85. The van der Waals surface area contributed by atoms with Gasteiger partial charge in [0.2, 0.25) is 0 Å². The Kier molecular flexibility index (Phi) is 5.14. The monoisotopic (exact) mass is 304 g/mol. The number of nitrogens with one attached hydrogen (secondary N) is 2. The minimum atomic E-state index is -0.110. The normalized spacial score (nSPS) is 10.4. The van der Waals surface area contributed by atoms with E-state index in [1.165, 1.54) is 0 Å². The lowest BCUT2D eigenvalue weighted by molar-refractivity contribution is 0.0954. The fraction of sp³-hybridized carbons (Fsp3) is 0.200. The average molecular weight is 305 g/mol. The van der Waals surface area contributed by atoms with Gasteiger partial charge < -0.3 is 16.4 Å². The summed E-state index contributed by atoms with van der Waals surface area (Å²) in [6, 6.07) is 9.03. The smallest absolute Gasteiger partial charge is 0.251 e. The molecule has 0 aliphatic carbocycles. The van der Waals surface area contributed by atoms with E-state index in [4.69, 9.17) is 17.3 Å². The SMILES string of the molecule is CNCCNC(=O)c1cccc(-c2cnc(N)c(Cl)c2)c1. The van der Waals surface area contributed by atoms with E-state index in [1.807, 2.05) is 19.2 Å². The predicted molar refractivity (Wildman–Crippen MR) is 85.4 cm³/mol. The van der Waals surface area contributed by atoms with Crippen molar-refractivity contribution < 1.29 is 4.79 Å². The van der Waals surface area contributed by atoms with Gasteiger partial charge in [0.25, 0.3) is 5.91 Å². The standard InChI is InChI=1S/C15H17ClN4O/c1-18-5-6-19-15(21)11-4-2-3-10(7-11)12-8-13(16)14(17)20-9-12/h2-4,7-9,18H,5-6H2,1H3,(H2,17,20)(H,19,21). The number of carbonyl (C=O) groups is 1. The van der Waals surface area contributed by atoms with Crippen LogP contribution in [-0.2, 0) is 0 Å². The zero-order valence-corrected chi connectivity index (χ0v) is 12.4. The van der Waals surface area contributed by atoms with Crippen molar-refractivity contribution in [2.75, 3.05) is 25.9 Å². The number of halogens is 1. The maximum Gasteiger partial charge on any atom is 0.251 e. The molecular formula is C15H17ClN4O. The van der Waals surface area contributed by atoms with Crippen LogP contribution in [0.2, 0.25) is 5.02 Å². The van der Waals surface area contributed by atoms with Gasteiger partial charge in [-0.25, -0.2) is 4.98 Å². The van der Waals surface area contributed by atoms with E-state index in [1.54, 1.807) is 24.4 Å². The Hall–Kier alpha value is -2.11. The van der Waals surface area contributed by atoms with Crippen molar-refractivity contribution in [1.29, 1.82) is 0 Å². The summed E-state index contributed by atoms with van der Waals surface area (Å²) in [7, 11) is 1.84. The van der Waals surface area contributed by atoms with E-state index in [0.29, 0.717) is 22.9 Å². The van der Waals surface area contributed by atoms with Gasteiger partial charge in [-0.1, -0.05) is 23.7 Å². The van der Waals surface area contributed by atoms with Gasteiger partial charge in [0, 0.05) is 30.4 Å². The van der Waals surface area contributed by atoms with Crippen LogP contribution in [0.15, 0.2) is 36.5 Å². The fourth-order valence-corrected chi connectivity index (χ4v) is 2.02. The van der Waals surface area contributed by atoms with E-state index >= 15 is 0 Å². The molecule has 6 heteroatoms. The highest BCUT2D eigenvalue weighted by atomic mass is 35.5. The largest absolute Gasteiger partial charge is 0.382 e. The highest BCUT2D eigenvalue weighted by Crippen LogP contribution is 2.25. The molecule has 21 heavy (non-hydrogen) atoms. The molecule has 1 aromatic carbocycles. The van der Waals surface area contributed by atoms with Crippen molar-refractivity contribution in [3.63, 3.8) is 0 Å². The van der Waals surface area contributed by atoms with E-state index in [0.717, 1.165) is 17.7 Å². The zero-order chi connectivity index (χ0) is 15.2. The van der Waals surface area contributed by atoms with Crippen LogP contribution < -0.4 is 16.4 Å². The second-order valence-electron chi connectivity index (χ2n) is 4.53. The Labute approximate surface area is 128 Å². The number of nitrogens with zero attached hydrogens (tertiary/aromatic N) is 1. The summed E-state index contributed by atoms with van der Waals surface area (Å²) in [4.78, 5) is 16.1. The van der Waals surface area contributed by atoms with Crippen molar-refractivity contribution in [3.05, 3.63) is 47.1 Å². The molecule has 0 fully saturated rings. The van der Waals surface area contributed by atoms with Gasteiger partial charge in [-0.15, -0.1) is 0 Å². The first-order valence-corrected chi connectivity index (χ1v) is 6.94. The lowest BCUT2D eigenvalue weighted by Gasteiger charge is -2.07. The van der Waals surface area contributed by atoms with Crippen LogP contribution in [0.5, 0.6) is 0 Å². The Morgan fingerprint density at radius 3 is 2.81 bits per heavy atom. The molecule has 110 valence electrons. The first-order chi connectivity index (χ1) is 10.1. The minimum absolute atomic E-state index is 0.110. The third-order valence-electron chi connectivity index (χ3n) is 2.99. The molecule has 0 atom stereocenters. The summed E-state index contributed by atoms with van der Waals surface area (Å²) in [6.07, 6.45) is 1.64. The van der Waals surface area contributed by atoms with Crippen LogP contribution in [0.25, 0.3) is 11.1 Å². The van der Waals surface area contributed by atoms with Crippen LogP contribution in [-0.4, -0.2) is 31.0 Å². The number of anilines is 1. The Balaban J connectivity index is 2.20. The molecule has 1 heterocycles. The highest BCUT2D eigenvalue weighted by Gasteiger charge is 2.08. The molecule has 0 unspecified atom stereocenters. The number of rotatable bonds is 5. The molecular weight excluding hydrogens is 288 g/mol. The number of carbonyl (C=O) groups excluding carboxylic acids is 1. The summed E-state index contributed by atoms with van der Waals surface area (Å²) in [5.74, 6) is 0.183. The van der Waals surface area contributed by atoms with Gasteiger partial charge in [-0.3, -0.25) is 4.79 Å². The Bertz CT molecular complexity index is 645. The molecule has 2 rings (SSSR count). The van der Waals surface area contributed by atoms with Crippen molar-refractivity contribution in [3.8, 4) is 11.1 Å². The molecule has 0 aliphatic rings. The molecule has 1 amide bonds. The summed E-state index contributed by atoms with van der Waals surface area (Å²) < 4.78 is 0. The number of benzene rings is 1. The first-order valence-electron chi connectivity index (χ1n) is 6.56. The van der Waals surface area contributed by atoms with Crippen molar-refractivity contribution in [2.24, 2.45) is 0 Å². The molecule has 0 radical (unpaired) electrons. The summed E-state index contributed by atoms with van der Waals surface area (Å²) in [5, 5.41) is 6.21. The van der Waals surface area contributed by atoms with E-state index < -0.39 is 0 Å². The topological polar surface area (TPSA) is 80.0 Å². The molecule has 0 saturated carbocycles. The number of nitrogens with two attached hydrogens (primary N) is 1. The lowest BCUT2D eigenvalue weighted by Crippen LogP contribution is -2.30. The van der Waals surface area contributed by atoms with Crippen LogP contribution in [0.1, 0.15) is 10.4 Å². The van der Waals surface area contributed by atoms with Gasteiger partial charge in [-0.05, 0) is 30.8 Å². The van der Waals surface area contributed by atoms with Gasteiger partial charge in [0.05, 0.1) is 5.02 Å². The second kappa shape index (κ2) is 7.06. The average Bonchev–Trinajstić information content (AvgIpc) is 2.50. The van der Waals surface area contributed by atoms with Gasteiger partial charge >= 0.3 is 0 Å². The molecule has 0 bridgehead atoms. The minimum Gasteiger partial charge on any atom is -0.382 e. The number of hydrogen-bond donors (Lipinski definition) is 3. The maximum absolute atomic E-state index is 12.0. The van der Waals surface area contributed by atoms with Crippen molar-refractivity contribution in [2.45, 2.75) is 0 Å². The molecule has 0 aliphatic heterocycles. The molecule has 4 N–H and O–H groups in total. The van der Waals surface area contributed by atoms with Crippen molar-refractivity contribution in [1.82, 2.24) is 15.6 Å². The Morgan fingerprint density at radius 2 is 2.10 bits per heavy atom. The highest BCUT2D eigenvalue weighted by molar-refractivity contribution is 6.33. The maximum atomic E-state index is 12.0. The third-order valence-corrected chi connectivity index (χ3v) is 3.29. The molecule has 1 aromatic heterocycles. The van der Waals surface area contributed by atoms with Crippen LogP contribution >= 0.6 is 11.6 Å². The number of nitrogen functional groups attached to an aromatic ring is 1. The quantitative estimate of drug-likeness (QED) is 0.737. The molecule has 0 spiro atoms. The Morgan fingerprint density at radius 1 is 1.29 bits per heavy atom. The van der Waals surface area contributed by atoms with Gasteiger partial charge in [0.15, 0.2) is 0 Å². The number of hydrogen-bond acceptors (Lipinski definition) is 4. The summed E-state index contributed by atoms with van der Waals surface area (Å²) in [6.45, 7) is 1.30. The number of aromatic nitrogens is 1. The van der Waals surface area contributed by atoms with Gasteiger partial charge in [-0.2, -0.15) is 0 Å². The molecule has 5 nitrogen and oxygen atoms in total. The number of pyridine rings is 1. The van der Waals surface area contributed by atoms with Crippen LogP contribution in [0, 0.1) is 0 Å². The first kappa shape index (κ1) is 15.3. The predicted octanol–water partition coefficient (Wildman–Crippen LogP) is 1.93. The lowest BCUT2D eigenvalue weighted by atomic mass is 10.0. The van der Waals surface area contributed by atoms with Crippen molar-refractivity contribution >= 4 is 23.3 Å². The second-order valence-corrected chi connectivity index (χ2v) is 4.94. The summed E-state index contributed by atoms with van der Waals surface area (Å²) in [5.41, 5.74) is 7.88. The number of amides is 1. The zero-order valence-electron chi connectivity index (χ0n) is 11.7. The van der Waals surface area contributed by atoms with E-state index in [2.05, 4.69) is 15.6 Å². The van der Waals surface area contributed by atoms with E-state index in [-0.39, 0.29) is 5.91 Å². The van der Waals surface area contributed by atoms with Crippen LogP contribution in [0.4, 0.5) is 5.82 Å². The molecule has 0 saturated heterocycles. The van der Waals surface area contributed by atoms with Crippen LogP contribution in [0.3, 0.4) is 0 Å². The number of likely N-dealkylation sites (N-methyl/N-ethyl adjacent to an activating group) is 1. The van der Waals surface area contributed by atoms with E-state index in [9.17, 15) is 4.79 Å². The summed E-state index contributed by atoms with van der Waals surface area (Å²) >= 11 is 5.98. The third kappa shape index (κ3) is 3.93. The molecule has 2 aromatic rings.